The van der Waals surface area contributed by atoms with Gasteiger partial charge in [-0.1, -0.05) is 37.1 Å². The van der Waals surface area contributed by atoms with Crippen LogP contribution in [0.5, 0.6) is 11.5 Å². The minimum absolute atomic E-state index is 0.0150. The van der Waals surface area contributed by atoms with Crippen LogP contribution in [0.25, 0.3) is 22.3 Å². The summed E-state index contributed by atoms with van der Waals surface area (Å²) in [5.74, 6) is 5.64. The largest absolute Gasteiger partial charge is 0.464 e. The van der Waals surface area contributed by atoms with Crippen LogP contribution in [0.2, 0.25) is 0 Å². The number of ether oxygens (including phenoxy) is 3. The number of aryl methyl sites for hydroxylation is 1. The van der Waals surface area contributed by atoms with Gasteiger partial charge in [-0.25, -0.2) is 19.6 Å². The second kappa shape index (κ2) is 17.1. The molecule has 1 saturated heterocycles. The van der Waals surface area contributed by atoms with Crippen molar-refractivity contribution in [2.24, 2.45) is 11.6 Å². The van der Waals surface area contributed by atoms with Crippen molar-refractivity contribution in [3.8, 4) is 22.9 Å². The van der Waals surface area contributed by atoms with Crippen LogP contribution >= 0.6 is 0 Å². The molecule has 1 atom stereocenters. The fraction of sp³-hybridized carbons (Fsp3) is 0.381. The zero-order valence-electron chi connectivity index (χ0n) is 31.2. The number of nitrogens with one attached hydrogen (secondary N) is 2. The van der Waals surface area contributed by atoms with Crippen molar-refractivity contribution in [2.45, 2.75) is 63.8 Å². The van der Waals surface area contributed by atoms with E-state index in [0.717, 1.165) is 61.0 Å². The predicted octanol–water partition coefficient (Wildman–Crippen LogP) is 7.18. The van der Waals surface area contributed by atoms with Crippen LogP contribution in [-0.2, 0) is 32.6 Å². The summed E-state index contributed by atoms with van der Waals surface area (Å²) in [6.45, 7) is 6.45. The van der Waals surface area contributed by atoms with Crippen LogP contribution < -0.4 is 16.3 Å². The number of aromatic amines is 2. The van der Waals surface area contributed by atoms with Crippen molar-refractivity contribution in [1.82, 2.24) is 24.9 Å². The molecular weight excluding hydrogens is 705 g/mol. The van der Waals surface area contributed by atoms with E-state index >= 15 is 8.78 Å². The van der Waals surface area contributed by atoms with Gasteiger partial charge in [-0.15, -0.1) is 0 Å². The zero-order valence-corrected chi connectivity index (χ0v) is 31.2. The standard InChI is InChI=1S/C42H49F2N7O4/c1-42(29-7-5-6-28(22-29)9-12-39(52)54-21-18-50-16-19-53-20-17-50)14-4-2-3-8-30(45)26-51(46)27-34-32-13-15-47-37(32)24-36(44)40(34)55-31-10-11-35(43)33(23-31)41-48-25-38(42)49-41/h5-7,10-11,13,15,22-26,47H,2-4,8-9,12,14,16-21,27,45-46H2,1H3,(H,48,49)/b30-26-. The van der Waals surface area contributed by atoms with Crippen LogP contribution in [0.4, 0.5) is 8.78 Å². The van der Waals surface area contributed by atoms with Crippen molar-refractivity contribution in [3.63, 3.8) is 0 Å². The Labute approximate surface area is 319 Å². The third kappa shape index (κ3) is 9.01. The first-order chi connectivity index (χ1) is 26.7. The monoisotopic (exact) mass is 753 g/mol. The minimum Gasteiger partial charge on any atom is -0.464 e. The van der Waals surface area contributed by atoms with Gasteiger partial charge in [0.2, 0.25) is 0 Å². The Morgan fingerprint density at radius 2 is 1.91 bits per heavy atom. The number of fused-ring (bicyclic) bond motifs is 8. The number of esters is 1. The van der Waals surface area contributed by atoms with Crippen LogP contribution in [0.3, 0.4) is 0 Å². The van der Waals surface area contributed by atoms with Gasteiger partial charge in [-0.2, -0.15) is 0 Å². The van der Waals surface area contributed by atoms with Crippen LogP contribution in [0.15, 0.2) is 78.9 Å². The molecule has 2 aromatic heterocycles. The fourth-order valence-corrected chi connectivity index (χ4v) is 7.52. The molecule has 3 aromatic carbocycles. The number of allylic oxidation sites excluding steroid dienone is 1. The average Bonchev–Trinajstić information content (AvgIpc) is 3.87. The lowest BCUT2D eigenvalue weighted by molar-refractivity contribution is -0.144. The molecule has 2 aliphatic rings. The molecule has 2 aliphatic heterocycles. The Morgan fingerprint density at radius 1 is 1.05 bits per heavy atom. The van der Waals surface area contributed by atoms with E-state index in [1.165, 1.54) is 29.3 Å². The average molecular weight is 754 g/mol. The lowest BCUT2D eigenvalue weighted by atomic mass is 9.75. The number of nitrogens with zero attached hydrogens (tertiary/aromatic N) is 3. The second-order valence-electron chi connectivity index (χ2n) is 14.6. The van der Waals surface area contributed by atoms with Gasteiger partial charge in [0.1, 0.15) is 24.0 Å². The SMILES string of the molecule is CC1(c2cccc(CCC(=O)OCCN3CCOCC3)c2)CCCCC/C(N)=C/N(N)Cc2c(c(F)cc3[nH]ccc23)Oc2ccc(F)c(c2)-c2ncc1[nH]2. The normalized spacial score (nSPS) is 19.7. The summed E-state index contributed by atoms with van der Waals surface area (Å²) >= 11 is 0. The van der Waals surface area contributed by atoms with Gasteiger partial charge >= 0.3 is 5.97 Å². The molecule has 13 heteroatoms. The molecule has 290 valence electrons. The molecule has 0 saturated carbocycles. The van der Waals surface area contributed by atoms with Crippen LogP contribution in [-0.4, -0.2) is 70.3 Å². The summed E-state index contributed by atoms with van der Waals surface area (Å²) in [5, 5.41) is 2.18. The van der Waals surface area contributed by atoms with E-state index in [1.807, 2.05) is 18.2 Å². The Kier molecular flexibility index (Phi) is 11.8. The van der Waals surface area contributed by atoms with Gasteiger partial charge < -0.3 is 34.9 Å². The van der Waals surface area contributed by atoms with Gasteiger partial charge in [0.05, 0.1) is 25.3 Å². The molecule has 0 aliphatic carbocycles. The number of halogens is 2. The molecule has 7 rings (SSSR count). The van der Waals surface area contributed by atoms with E-state index in [-0.39, 0.29) is 36.0 Å². The number of carbonyl (C=O) groups is 1. The quantitative estimate of drug-likeness (QED) is 0.100. The number of carbonyl (C=O) groups excluding carboxylic acids is 1. The molecule has 0 spiro atoms. The summed E-state index contributed by atoms with van der Waals surface area (Å²) in [6, 6.07) is 15.7. The van der Waals surface area contributed by atoms with Gasteiger partial charge in [0, 0.05) is 84.0 Å². The van der Waals surface area contributed by atoms with Crippen molar-refractivity contribution in [3.05, 3.63) is 113 Å². The highest BCUT2D eigenvalue weighted by atomic mass is 19.1. The van der Waals surface area contributed by atoms with Crippen molar-refractivity contribution >= 4 is 16.9 Å². The van der Waals surface area contributed by atoms with Gasteiger partial charge in [0.15, 0.2) is 11.6 Å². The topological polar surface area (TPSA) is 148 Å². The van der Waals surface area contributed by atoms with E-state index in [4.69, 9.17) is 25.8 Å². The number of rotatable bonds is 7. The molecule has 0 amide bonds. The maximum absolute atomic E-state index is 15.7. The number of imidazole rings is 1. The first kappa shape index (κ1) is 38.1. The summed E-state index contributed by atoms with van der Waals surface area (Å²) in [7, 11) is 0. The van der Waals surface area contributed by atoms with E-state index < -0.39 is 17.0 Å². The number of hydrogen-bond acceptors (Lipinski definition) is 9. The van der Waals surface area contributed by atoms with Crippen molar-refractivity contribution in [1.29, 1.82) is 0 Å². The van der Waals surface area contributed by atoms with E-state index in [0.29, 0.717) is 61.8 Å². The molecular formula is C42H49F2N7O4. The first-order valence-corrected chi connectivity index (χ1v) is 19.0. The Hall–Kier alpha value is -5.24. The Bertz CT molecular complexity index is 2140. The molecule has 5 aromatic rings. The maximum atomic E-state index is 15.7. The van der Waals surface area contributed by atoms with Crippen LogP contribution in [0.1, 0.15) is 67.8 Å². The van der Waals surface area contributed by atoms with Gasteiger partial charge in [-0.3, -0.25) is 9.69 Å². The number of H-pyrrole nitrogens is 2. The van der Waals surface area contributed by atoms with Crippen molar-refractivity contribution < 1.29 is 27.8 Å². The third-order valence-electron chi connectivity index (χ3n) is 10.7. The summed E-state index contributed by atoms with van der Waals surface area (Å²) in [4.78, 5) is 26.0. The molecule has 11 nitrogen and oxygen atoms in total. The highest BCUT2D eigenvalue weighted by Gasteiger charge is 2.32. The highest BCUT2D eigenvalue weighted by Crippen LogP contribution is 2.40. The molecule has 6 N–H and O–H groups in total. The summed E-state index contributed by atoms with van der Waals surface area (Å²) < 4.78 is 48.4. The van der Waals surface area contributed by atoms with E-state index in [9.17, 15) is 4.79 Å². The number of benzene rings is 3. The summed E-state index contributed by atoms with van der Waals surface area (Å²) in [5.41, 5.74) is 10.7. The number of hydrazine groups is 1. The molecule has 55 heavy (non-hydrogen) atoms. The lowest BCUT2D eigenvalue weighted by Crippen LogP contribution is -2.38. The number of nitrogens with two attached hydrogens (primary N) is 2. The maximum Gasteiger partial charge on any atom is 0.306 e. The predicted molar refractivity (Wildman–Crippen MR) is 207 cm³/mol. The number of morpholine rings is 1. The van der Waals surface area contributed by atoms with Gasteiger partial charge in [0.25, 0.3) is 0 Å². The highest BCUT2D eigenvalue weighted by molar-refractivity contribution is 5.85. The number of hydrogen-bond donors (Lipinski definition) is 4. The first-order valence-electron chi connectivity index (χ1n) is 19.0. The third-order valence-corrected chi connectivity index (χ3v) is 10.7. The summed E-state index contributed by atoms with van der Waals surface area (Å²) in [6.07, 6.45) is 9.98. The van der Waals surface area contributed by atoms with Crippen molar-refractivity contribution in [2.75, 3.05) is 39.5 Å². The molecule has 4 heterocycles. The molecule has 4 bridgehead atoms. The zero-order chi connectivity index (χ0) is 38.4. The number of aromatic nitrogens is 3. The van der Waals surface area contributed by atoms with E-state index in [1.54, 1.807) is 18.6 Å². The lowest BCUT2D eigenvalue weighted by Gasteiger charge is -2.30. The Balaban J connectivity index is 1.16. The van der Waals surface area contributed by atoms with E-state index in [2.05, 4.69) is 38.9 Å². The smallest absolute Gasteiger partial charge is 0.306 e. The second-order valence-corrected chi connectivity index (χ2v) is 14.6. The molecule has 0 radical (unpaired) electrons. The Morgan fingerprint density at radius 3 is 2.76 bits per heavy atom. The van der Waals surface area contributed by atoms with Crippen LogP contribution in [0, 0.1) is 11.6 Å². The molecule has 1 unspecified atom stereocenters. The fourth-order valence-electron chi connectivity index (χ4n) is 7.52. The van der Waals surface area contributed by atoms with Gasteiger partial charge in [-0.05, 0) is 68.0 Å². The minimum atomic E-state index is -0.592. The molecule has 1 fully saturated rings.